The number of nitrogens with zero attached hydrogens (tertiary/aromatic N) is 2. The first-order chi connectivity index (χ1) is 29.0. The van der Waals surface area contributed by atoms with Crippen LogP contribution in [-0.4, -0.2) is 9.97 Å². The van der Waals surface area contributed by atoms with Crippen LogP contribution >= 0.6 is 0 Å². The van der Waals surface area contributed by atoms with E-state index in [4.69, 9.17) is 9.97 Å². The molecule has 2 aromatic rings. The summed E-state index contributed by atoms with van der Waals surface area (Å²) in [6, 6.07) is 9.21. The Morgan fingerprint density at radius 1 is 0.322 bits per heavy atom. The zero-order valence-corrected chi connectivity index (χ0v) is 39.7. The molecule has 59 heavy (non-hydrogen) atoms. The highest BCUT2D eigenvalue weighted by Crippen LogP contribution is 2.40. The number of hydrogen-bond donors (Lipinski definition) is 0. The summed E-state index contributed by atoms with van der Waals surface area (Å²) in [6.07, 6.45) is 54.2. The molecule has 6 rings (SSSR count). The largest absolute Gasteiger partial charge is 0.261 e. The van der Waals surface area contributed by atoms with Crippen molar-refractivity contribution in [2.75, 3.05) is 0 Å². The molecule has 4 fully saturated rings. The number of aromatic nitrogens is 2. The van der Waals surface area contributed by atoms with Crippen molar-refractivity contribution in [3.8, 4) is 0 Å². The summed E-state index contributed by atoms with van der Waals surface area (Å²) in [5, 5.41) is 0. The SMILES string of the molecule is CCCCCc1ccc(CCC2CCC(CCC3CCC(CCC)CC3)CC2)nc1.CCCCc1ccc(CCC2CCC(CCC3CCC(CCC)CC3)CC2)nc1. The van der Waals surface area contributed by atoms with Gasteiger partial charge in [-0.05, 0) is 122 Å². The number of unbranched alkanes of at least 4 members (excludes halogenated alkanes) is 3. The van der Waals surface area contributed by atoms with Crippen molar-refractivity contribution in [3.05, 3.63) is 59.2 Å². The van der Waals surface area contributed by atoms with E-state index in [9.17, 15) is 0 Å². The van der Waals surface area contributed by atoms with Crippen LogP contribution in [0.15, 0.2) is 36.7 Å². The molecule has 2 heteroatoms. The fourth-order valence-electron chi connectivity index (χ4n) is 12.2. The fourth-order valence-corrected chi connectivity index (χ4v) is 12.2. The van der Waals surface area contributed by atoms with Gasteiger partial charge in [-0.2, -0.15) is 0 Å². The van der Waals surface area contributed by atoms with Crippen LogP contribution in [0.25, 0.3) is 0 Å². The van der Waals surface area contributed by atoms with Crippen LogP contribution in [0.1, 0.15) is 249 Å². The molecule has 0 spiro atoms. The van der Waals surface area contributed by atoms with Crippen LogP contribution in [0.5, 0.6) is 0 Å². The molecule has 0 saturated heterocycles. The van der Waals surface area contributed by atoms with Gasteiger partial charge in [0.2, 0.25) is 0 Å². The summed E-state index contributed by atoms with van der Waals surface area (Å²) in [4.78, 5) is 9.48. The Morgan fingerprint density at radius 2 is 0.627 bits per heavy atom. The van der Waals surface area contributed by atoms with E-state index in [2.05, 4.69) is 64.4 Å². The van der Waals surface area contributed by atoms with E-state index < -0.39 is 0 Å². The van der Waals surface area contributed by atoms with Crippen LogP contribution < -0.4 is 0 Å². The van der Waals surface area contributed by atoms with Crippen LogP contribution in [0.3, 0.4) is 0 Å². The lowest BCUT2D eigenvalue weighted by Crippen LogP contribution is -2.18. The third kappa shape index (κ3) is 19.1. The highest BCUT2D eigenvalue weighted by molar-refractivity contribution is 5.15. The summed E-state index contributed by atoms with van der Waals surface area (Å²) >= 11 is 0. The van der Waals surface area contributed by atoms with Crippen LogP contribution in [0, 0.1) is 47.3 Å². The molecule has 334 valence electrons. The van der Waals surface area contributed by atoms with E-state index in [-0.39, 0.29) is 0 Å². The number of hydrogen-bond acceptors (Lipinski definition) is 2. The van der Waals surface area contributed by atoms with Crippen molar-refractivity contribution in [2.45, 2.75) is 252 Å². The van der Waals surface area contributed by atoms with E-state index in [0.717, 1.165) is 47.3 Å². The number of rotatable bonds is 23. The Kier molecular flexibility index (Phi) is 23.6. The molecule has 2 aromatic heterocycles. The predicted molar refractivity (Wildman–Crippen MR) is 257 cm³/mol. The van der Waals surface area contributed by atoms with E-state index >= 15 is 0 Å². The summed E-state index contributed by atoms with van der Waals surface area (Å²) < 4.78 is 0. The smallest absolute Gasteiger partial charge is 0.0403 e. The highest BCUT2D eigenvalue weighted by Gasteiger charge is 2.26. The van der Waals surface area contributed by atoms with Crippen molar-refractivity contribution in [2.24, 2.45) is 47.3 Å². The third-order valence-corrected chi connectivity index (χ3v) is 16.5. The molecule has 0 radical (unpaired) electrons. The van der Waals surface area contributed by atoms with Gasteiger partial charge in [0.1, 0.15) is 0 Å². The monoisotopic (exact) mass is 809 g/mol. The predicted octanol–water partition coefficient (Wildman–Crippen LogP) is 17.5. The molecule has 0 unspecified atom stereocenters. The van der Waals surface area contributed by atoms with Gasteiger partial charge < -0.3 is 0 Å². The Balaban J connectivity index is 0.000000224. The minimum Gasteiger partial charge on any atom is -0.261 e. The molecule has 4 saturated carbocycles. The second-order valence-corrected chi connectivity index (χ2v) is 21.2. The van der Waals surface area contributed by atoms with Gasteiger partial charge in [0.25, 0.3) is 0 Å². The molecule has 0 bridgehead atoms. The van der Waals surface area contributed by atoms with Gasteiger partial charge in [-0.3, -0.25) is 9.97 Å². The van der Waals surface area contributed by atoms with Crippen molar-refractivity contribution >= 4 is 0 Å². The zero-order chi connectivity index (χ0) is 41.3. The molecule has 2 nitrogen and oxygen atoms in total. The van der Waals surface area contributed by atoms with Gasteiger partial charge in [0.05, 0.1) is 0 Å². The average Bonchev–Trinajstić information content (AvgIpc) is 3.28. The summed E-state index contributed by atoms with van der Waals surface area (Å²) in [7, 11) is 0. The highest BCUT2D eigenvalue weighted by atomic mass is 14.7. The topological polar surface area (TPSA) is 25.8 Å². The second kappa shape index (κ2) is 28.8. The first kappa shape index (κ1) is 48.3. The van der Waals surface area contributed by atoms with Crippen molar-refractivity contribution in [1.29, 1.82) is 0 Å². The third-order valence-electron chi connectivity index (χ3n) is 16.5. The lowest BCUT2D eigenvalue weighted by molar-refractivity contribution is 0.209. The van der Waals surface area contributed by atoms with Crippen molar-refractivity contribution < 1.29 is 0 Å². The average molecular weight is 809 g/mol. The first-order valence-electron chi connectivity index (χ1n) is 26.9. The van der Waals surface area contributed by atoms with Gasteiger partial charge in [-0.15, -0.1) is 0 Å². The van der Waals surface area contributed by atoms with Crippen LogP contribution in [-0.2, 0) is 25.7 Å². The molecule has 4 aliphatic carbocycles. The van der Waals surface area contributed by atoms with Gasteiger partial charge in [-0.1, -0.05) is 213 Å². The number of aryl methyl sites for hydroxylation is 4. The van der Waals surface area contributed by atoms with E-state index in [1.807, 2.05) is 0 Å². The minimum atomic E-state index is 0.955. The summed E-state index contributed by atoms with van der Waals surface area (Å²) in [5.41, 5.74) is 5.46. The van der Waals surface area contributed by atoms with E-state index in [1.165, 1.54) is 247 Å². The number of pyridine rings is 2. The van der Waals surface area contributed by atoms with Crippen LogP contribution in [0.4, 0.5) is 0 Å². The van der Waals surface area contributed by atoms with Gasteiger partial charge in [-0.25, -0.2) is 0 Å². The Morgan fingerprint density at radius 3 is 0.915 bits per heavy atom. The van der Waals surface area contributed by atoms with Crippen LogP contribution in [0.2, 0.25) is 0 Å². The van der Waals surface area contributed by atoms with Gasteiger partial charge in [0, 0.05) is 23.8 Å². The maximum absolute atomic E-state index is 4.75. The normalized spacial score (nSPS) is 27.5. The Hall–Kier alpha value is -1.70. The summed E-state index contributed by atoms with van der Waals surface area (Å²) in [6.45, 7) is 9.23. The molecular formula is C57H96N2. The lowest BCUT2D eigenvalue weighted by Gasteiger charge is -2.32. The molecule has 2 heterocycles. The lowest BCUT2D eigenvalue weighted by atomic mass is 9.74. The standard InChI is InChI=1S/C29H49N.C28H47N/c1-3-5-6-8-28-20-22-29(30-23-28)21-19-27-17-15-26(16-18-27)14-13-25-11-9-24(7-4-2)10-12-25;1-3-5-7-27-19-21-28(29-22-27)20-18-26-16-14-25(15-17-26)13-12-24-10-8-23(6-4-2)9-11-24/h20,22-27H,3-19,21H2,1-2H3;19,21-26H,3-18,20H2,1-2H3. The molecule has 0 atom stereocenters. The molecule has 4 aliphatic rings. The maximum atomic E-state index is 4.75. The zero-order valence-electron chi connectivity index (χ0n) is 39.7. The molecule has 0 aromatic carbocycles. The second-order valence-electron chi connectivity index (χ2n) is 21.2. The minimum absolute atomic E-state index is 0.955. The van der Waals surface area contributed by atoms with Gasteiger partial charge >= 0.3 is 0 Å². The van der Waals surface area contributed by atoms with Crippen molar-refractivity contribution in [1.82, 2.24) is 9.97 Å². The quantitative estimate of drug-likeness (QED) is 0.105. The van der Waals surface area contributed by atoms with Crippen molar-refractivity contribution in [3.63, 3.8) is 0 Å². The summed E-state index contributed by atoms with van der Waals surface area (Å²) in [5.74, 6) is 8.24. The van der Waals surface area contributed by atoms with E-state index in [1.54, 1.807) is 0 Å². The molecule has 0 N–H and O–H groups in total. The Bertz CT molecular complexity index is 1280. The first-order valence-corrected chi connectivity index (χ1v) is 26.9. The fraction of sp³-hybridized carbons (Fsp3) is 0.825. The molecule has 0 amide bonds. The maximum Gasteiger partial charge on any atom is 0.0403 e. The molecule has 0 aliphatic heterocycles. The molecular weight excluding hydrogens is 713 g/mol. The van der Waals surface area contributed by atoms with Gasteiger partial charge in [0.15, 0.2) is 0 Å². The van der Waals surface area contributed by atoms with E-state index in [0.29, 0.717) is 0 Å². The Labute approximate surface area is 367 Å².